The average molecular weight is 292 g/mol. The van der Waals surface area contributed by atoms with Crippen molar-refractivity contribution in [2.24, 2.45) is 0 Å². The number of unbranched alkanes of at least 4 members (excludes halogenated alkanes) is 1. The summed E-state index contributed by atoms with van der Waals surface area (Å²) in [6.07, 6.45) is 5.01. The van der Waals surface area contributed by atoms with Gasteiger partial charge >= 0.3 is 87.1 Å². The molecule has 0 spiro atoms. The van der Waals surface area contributed by atoms with Gasteiger partial charge in [-0.2, -0.15) is 0 Å². The van der Waals surface area contributed by atoms with Crippen molar-refractivity contribution in [2.45, 2.75) is 25.1 Å². The van der Waals surface area contributed by atoms with Gasteiger partial charge in [-0.25, -0.2) is 0 Å². The number of hydrogen-bond donors (Lipinski definition) is 0. The normalized spacial score (nSPS) is 11.1. The molecular formula is C10H14Se2. The average Bonchev–Trinajstić information content (AvgIpc) is 2.57. The third-order valence-electron chi connectivity index (χ3n) is 1.52. The summed E-state index contributed by atoms with van der Waals surface area (Å²) >= 11 is 1.39. The van der Waals surface area contributed by atoms with Gasteiger partial charge in [0.25, 0.3) is 0 Å². The van der Waals surface area contributed by atoms with Crippen molar-refractivity contribution in [2.75, 3.05) is 0 Å². The van der Waals surface area contributed by atoms with Crippen molar-refractivity contribution in [3.05, 3.63) is 26.5 Å². The molecule has 0 aliphatic carbocycles. The van der Waals surface area contributed by atoms with Gasteiger partial charge in [-0.15, -0.1) is 0 Å². The van der Waals surface area contributed by atoms with Crippen molar-refractivity contribution < 1.29 is 0 Å². The van der Waals surface area contributed by atoms with E-state index in [2.05, 4.69) is 33.9 Å². The number of hydrogen-bond acceptors (Lipinski definition) is 0. The van der Waals surface area contributed by atoms with E-state index in [1.807, 2.05) is 0 Å². The summed E-state index contributed by atoms with van der Waals surface area (Å²) in [4.78, 5) is 6.96. The summed E-state index contributed by atoms with van der Waals surface area (Å²) in [5.74, 6) is 0. The number of rotatable bonds is 5. The molecule has 2 heteroatoms. The molecule has 0 aromatic carbocycles. The van der Waals surface area contributed by atoms with Crippen LogP contribution in [0.2, 0.25) is 5.32 Å². The van der Waals surface area contributed by atoms with Crippen LogP contribution in [0.15, 0.2) is 20.9 Å². The third-order valence-corrected chi connectivity index (χ3v) is 4.78. The fourth-order valence-corrected chi connectivity index (χ4v) is 3.88. The zero-order valence-electron chi connectivity index (χ0n) is 7.32. The molecule has 0 radical (unpaired) electrons. The van der Waals surface area contributed by atoms with Crippen molar-refractivity contribution >= 4 is 35.5 Å². The Hall–Kier alpha value is 0.259. The van der Waals surface area contributed by atoms with Gasteiger partial charge in [-0.3, -0.25) is 0 Å². The molecule has 0 nitrogen and oxygen atoms in total. The first kappa shape index (κ1) is 10.3. The SMILES string of the molecule is CCCC[Se]C=Cc1cc[se]c1. The maximum absolute atomic E-state index is 2.36. The fourth-order valence-electron chi connectivity index (χ4n) is 0.792. The van der Waals surface area contributed by atoms with Crippen molar-refractivity contribution in [3.8, 4) is 0 Å². The molecule has 0 amide bonds. The second kappa shape index (κ2) is 6.74. The quantitative estimate of drug-likeness (QED) is 0.578. The Morgan fingerprint density at radius 2 is 2.50 bits per heavy atom. The summed E-state index contributed by atoms with van der Waals surface area (Å²) in [5.41, 5.74) is 1.42. The Balaban J connectivity index is 2.14. The third kappa shape index (κ3) is 4.33. The van der Waals surface area contributed by atoms with Gasteiger partial charge < -0.3 is 0 Å². The zero-order valence-corrected chi connectivity index (χ0v) is 10.8. The van der Waals surface area contributed by atoms with Crippen LogP contribution in [0.5, 0.6) is 0 Å². The van der Waals surface area contributed by atoms with Crippen LogP contribution < -0.4 is 0 Å². The maximum atomic E-state index is 2.36. The van der Waals surface area contributed by atoms with Crippen LogP contribution in [0, 0.1) is 0 Å². The van der Waals surface area contributed by atoms with E-state index in [0.29, 0.717) is 14.5 Å². The van der Waals surface area contributed by atoms with Gasteiger partial charge in [-0.05, 0) is 0 Å². The Morgan fingerprint density at radius 1 is 1.58 bits per heavy atom. The second-order valence-electron chi connectivity index (χ2n) is 2.58. The van der Waals surface area contributed by atoms with Crippen LogP contribution in [0.25, 0.3) is 6.08 Å². The molecule has 12 heavy (non-hydrogen) atoms. The van der Waals surface area contributed by atoms with Crippen LogP contribution in [-0.2, 0) is 0 Å². The Kier molecular flexibility index (Phi) is 5.81. The molecule has 1 aromatic heterocycles. The molecule has 0 aliphatic rings. The fraction of sp³-hybridized carbons (Fsp3) is 0.400. The van der Waals surface area contributed by atoms with Gasteiger partial charge in [0.15, 0.2) is 0 Å². The van der Waals surface area contributed by atoms with Gasteiger partial charge in [0.1, 0.15) is 0 Å². The van der Waals surface area contributed by atoms with Crippen molar-refractivity contribution in [1.29, 1.82) is 0 Å². The van der Waals surface area contributed by atoms with Crippen LogP contribution in [0.3, 0.4) is 0 Å². The first-order chi connectivity index (χ1) is 5.93. The molecule has 1 heterocycles. The summed E-state index contributed by atoms with van der Waals surface area (Å²) in [7, 11) is 0. The van der Waals surface area contributed by atoms with Gasteiger partial charge in [0.2, 0.25) is 0 Å². The molecule has 1 aromatic rings. The molecule has 0 saturated heterocycles. The molecule has 0 saturated carbocycles. The topological polar surface area (TPSA) is 0 Å². The minimum absolute atomic E-state index is 0.649. The molecule has 0 bridgehead atoms. The molecule has 1 rings (SSSR count). The van der Waals surface area contributed by atoms with E-state index < -0.39 is 0 Å². The first-order valence-corrected chi connectivity index (χ1v) is 8.41. The van der Waals surface area contributed by atoms with Crippen LogP contribution in [0.1, 0.15) is 25.3 Å². The van der Waals surface area contributed by atoms with E-state index in [1.165, 1.54) is 23.7 Å². The van der Waals surface area contributed by atoms with Gasteiger partial charge in [0.05, 0.1) is 0 Å². The van der Waals surface area contributed by atoms with Gasteiger partial charge in [0, 0.05) is 0 Å². The van der Waals surface area contributed by atoms with E-state index in [1.54, 1.807) is 0 Å². The molecular weight excluding hydrogens is 278 g/mol. The summed E-state index contributed by atoms with van der Waals surface area (Å²) in [6.45, 7) is 2.25. The Labute approximate surface area is 87.0 Å². The Morgan fingerprint density at radius 3 is 3.17 bits per heavy atom. The van der Waals surface area contributed by atoms with E-state index in [0.717, 1.165) is 15.0 Å². The van der Waals surface area contributed by atoms with Crippen LogP contribution in [0.4, 0.5) is 0 Å². The molecule has 66 valence electrons. The van der Waals surface area contributed by atoms with Crippen molar-refractivity contribution in [1.82, 2.24) is 0 Å². The van der Waals surface area contributed by atoms with Gasteiger partial charge in [-0.1, -0.05) is 0 Å². The summed E-state index contributed by atoms with van der Waals surface area (Å²) in [6, 6.07) is 2.23. The first-order valence-electron chi connectivity index (χ1n) is 4.24. The molecule has 0 unspecified atom stereocenters. The molecule has 0 atom stereocenters. The Bertz CT molecular complexity index is 212. The van der Waals surface area contributed by atoms with E-state index >= 15 is 0 Å². The standard InChI is InChI=1S/C10H14Se2/c1-2-3-6-11-7-4-10-5-8-12-9-10/h4-5,7-9H,2-3,6H2,1H3. The summed E-state index contributed by atoms with van der Waals surface area (Å²) < 4.78 is 0. The van der Waals surface area contributed by atoms with E-state index in [4.69, 9.17) is 0 Å². The van der Waals surface area contributed by atoms with E-state index in [9.17, 15) is 0 Å². The van der Waals surface area contributed by atoms with E-state index in [-0.39, 0.29) is 0 Å². The molecule has 0 N–H and O–H groups in total. The summed E-state index contributed by atoms with van der Waals surface area (Å²) in [5, 5.41) is 1.40. The van der Waals surface area contributed by atoms with Crippen LogP contribution >= 0.6 is 0 Å². The minimum atomic E-state index is 0.649. The predicted octanol–water partition coefficient (Wildman–Crippen LogP) is 2.64. The zero-order chi connectivity index (χ0) is 8.65. The van der Waals surface area contributed by atoms with Crippen LogP contribution in [-0.4, -0.2) is 29.5 Å². The monoisotopic (exact) mass is 294 g/mol. The van der Waals surface area contributed by atoms with Crippen molar-refractivity contribution in [3.63, 3.8) is 0 Å². The second-order valence-corrected chi connectivity index (χ2v) is 6.35. The predicted molar refractivity (Wildman–Crippen MR) is 57.9 cm³/mol. The molecule has 0 aliphatic heterocycles. The molecule has 0 fully saturated rings.